The van der Waals surface area contributed by atoms with Crippen LogP contribution in [0.15, 0.2) is 41.5 Å². The summed E-state index contributed by atoms with van der Waals surface area (Å²) in [6.07, 6.45) is 1.59. The fourth-order valence-electron chi connectivity index (χ4n) is 0.943. The number of benzene rings is 1. The SMILES string of the molecule is C=C(C)COc1ccc(C=NN)cc1. The molecule has 0 aliphatic rings. The minimum atomic E-state index is 0.546. The van der Waals surface area contributed by atoms with Crippen molar-refractivity contribution in [3.8, 4) is 5.75 Å². The molecule has 1 aromatic rings. The Labute approximate surface area is 83.9 Å². The zero-order chi connectivity index (χ0) is 10.4. The van der Waals surface area contributed by atoms with Gasteiger partial charge in [-0.05, 0) is 42.3 Å². The van der Waals surface area contributed by atoms with E-state index in [4.69, 9.17) is 10.6 Å². The number of hydrogen-bond acceptors (Lipinski definition) is 3. The molecule has 1 rings (SSSR count). The molecule has 0 spiro atoms. The molecule has 0 saturated heterocycles. The van der Waals surface area contributed by atoms with E-state index in [1.54, 1.807) is 6.21 Å². The van der Waals surface area contributed by atoms with Crippen molar-refractivity contribution in [2.75, 3.05) is 6.61 Å². The van der Waals surface area contributed by atoms with Gasteiger partial charge in [-0.2, -0.15) is 5.10 Å². The zero-order valence-electron chi connectivity index (χ0n) is 8.23. The van der Waals surface area contributed by atoms with Crippen LogP contribution >= 0.6 is 0 Å². The third-order valence-corrected chi connectivity index (χ3v) is 1.59. The van der Waals surface area contributed by atoms with Crippen molar-refractivity contribution in [1.29, 1.82) is 0 Å². The number of hydrazone groups is 1. The molecule has 0 unspecified atom stereocenters. The highest BCUT2D eigenvalue weighted by atomic mass is 16.5. The Balaban J connectivity index is 2.59. The second-order valence-electron chi connectivity index (χ2n) is 3.09. The minimum Gasteiger partial charge on any atom is -0.489 e. The van der Waals surface area contributed by atoms with Crippen LogP contribution in [0, 0.1) is 0 Å². The van der Waals surface area contributed by atoms with Crippen LogP contribution in [0.2, 0.25) is 0 Å². The average Bonchev–Trinajstić information content (AvgIpc) is 2.17. The predicted octanol–water partition coefficient (Wildman–Crippen LogP) is 1.93. The molecule has 0 aliphatic carbocycles. The third kappa shape index (κ3) is 3.31. The van der Waals surface area contributed by atoms with Gasteiger partial charge in [0.15, 0.2) is 0 Å². The molecule has 0 aliphatic heterocycles. The Morgan fingerprint density at radius 3 is 2.64 bits per heavy atom. The van der Waals surface area contributed by atoms with Crippen molar-refractivity contribution in [2.45, 2.75) is 6.92 Å². The van der Waals surface area contributed by atoms with Crippen molar-refractivity contribution < 1.29 is 4.74 Å². The summed E-state index contributed by atoms with van der Waals surface area (Å²) in [6, 6.07) is 7.54. The van der Waals surface area contributed by atoms with E-state index in [1.165, 1.54) is 0 Å². The Hall–Kier alpha value is -1.77. The molecule has 14 heavy (non-hydrogen) atoms. The van der Waals surface area contributed by atoms with Crippen LogP contribution in [-0.2, 0) is 0 Å². The van der Waals surface area contributed by atoms with Gasteiger partial charge < -0.3 is 10.6 Å². The number of hydrogen-bond donors (Lipinski definition) is 1. The lowest BCUT2D eigenvalue weighted by Crippen LogP contribution is -1.97. The lowest BCUT2D eigenvalue weighted by Gasteiger charge is -2.05. The van der Waals surface area contributed by atoms with Crippen molar-refractivity contribution >= 4 is 6.21 Å². The van der Waals surface area contributed by atoms with Gasteiger partial charge in [0.2, 0.25) is 0 Å². The molecule has 0 saturated carbocycles. The van der Waals surface area contributed by atoms with Crippen molar-refractivity contribution in [3.63, 3.8) is 0 Å². The Morgan fingerprint density at radius 1 is 1.50 bits per heavy atom. The minimum absolute atomic E-state index is 0.546. The van der Waals surface area contributed by atoms with E-state index in [0.29, 0.717) is 6.61 Å². The summed E-state index contributed by atoms with van der Waals surface area (Å²) in [4.78, 5) is 0. The van der Waals surface area contributed by atoms with Crippen LogP contribution in [-0.4, -0.2) is 12.8 Å². The van der Waals surface area contributed by atoms with Crippen LogP contribution in [0.25, 0.3) is 0 Å². The van der Waals surface area contributed by atoms with Crippen LogP contribution < -0.4 is 10.6 Å². The Bertz CT molecular complexity index is 328. The summed E-state index contributed by atoms with van der Waals surface area (Å²) in [7, 11) is 0. The Kier molecular flexibility index (Phi) is 3.73. The molecule has 0 aromatic heterocycles. The summed E-state index contributed by atoms with van der Waals surface area (Å²) in [5.74, 6) is 5.85. The van der Waals surface area contributed by atoms with Crippen LogP contribution in [0.4, 0.5) is 0 Å². The lowest BCUT2D eigenvalue weighted by atomic mass is 10.2. The Morgan fingerprint density at radius 2 is 2.14 bits per heavy atom. The quantitative estimate of drug-likeness (QED) is 0.341. The molecule has 1 aromatic carbocycles. The monoisotopic (exact) mass is 190 g/mol. The van der Waals surface area contributed by atoms with Gasteiger partial charge in [-0.15, -0.1) is 0 Å². The van der Waals surface area contributed by atoms with Gasteiger partial charge in [0.05, 0.1) is 6.21 Å². The van der Waals surface area contributed by atoms with Gasteiger partial charge in [-0.25, -0.2) is 0 Å². The highest BCUT2D eigenvalue weighted by molar-refractivity contribution is 5.79. The number of rotatable bonds is 4. The van der Waals surface area contributed by atoms with E-state index in [2.05, 4.69) is 11.7 Å². The zero-order valence-corrected chi connectivity index (χ0v) is 8.23. The first-order valence-electron chi connectivity index (χ1n) is 4.33. The fraction of sp³-hybridized carbons (Fsp3) is 0.182. The van der Waals surface area contributed by atoms with Crippen molar-refractivity contribution in [1.82, 2.24) is 0 Å². The van der Waals surface area contributed by atoms with Crippen LogP contribution in [0.5, 0.6) is 5.75 Å². The molecule has 3 heteroatoms. The molecule has 0 bridgehead atoms. The third-order valence-electron chi connectivity index (χ3n) is 1.59. The van der Waals surface area contributed by atoms with Crippen molar-refractivity contribution in [3.05, 3.63) is 42.0 Å². The maximum Gasteiger partial charge on any atom is 0.119 e. The highest BCUT2D eigenvalue weighted by Crippen LogP contribution is 2.11. The first-order valence-corrected chi connectivity index (χ1v) is 4.33. The van der Waals surface area contributed by atoms with E-state index in [9.17, 15) is 0 Å². The van der Waals surface area contributed by atoms with Crippen molar-refractivity contribution in [2.24, 2.45) is 10.9 Å². The van der Waals surface area contributed by atoms with E-state index in [0.717, 1.165) is 16.9 Å². The van der Waals surface area contributed by atoms with Crippen LogP contribution in [0.1, 0.15) is 12.5 Å². The maximum absolute atomic E-state index is 5.43. The standard InChI is InChI=1S/C11H14N2O/c1-9(2)8-14-11-5-3-10(4-6-11)7-13-12/h3-7H,1,8,12H2,2H3. The predicted molar refractivity (Wildman–Crippen MR) is 58.5 cm³/mol. The average molecular weight is 190 g/mol. The van der Waals surface area contributed by atoms with Gasteiger partial charge in [-0.1, -0.05) is 6.58 Å². The van der Waals surface area contributed by atoms with E-state index in [-0.39, 0.29) is 0 Å². The van der Waals surface area contributed by atoms with E-state index >= 15 is 0 Å². The second kappa shape index (κ2) is 5.07. The molecule has 2 N–H and O–H groups in total. The molecular weight excluding hydrogens is 176 g/mol. The molecule has 0 heterocycles. The highest BCUT2D eigenvalue weighted by Gasteiger charge is 1.93. The second-order valence-corrected chi connectivity index (χ2v) is 3.09. The van der Waals surface area contributed by atoms with Gasteiger partial charge in [0, 0.05) is 0 Å². The molecule has 0 radical (unpaired) electrons. The summed E-state index contributed by atoms with van der Waals surface area (Å²) >= 11 is 0. The largest absolute Gasteiger partial charge is 0.489 e. The summed E-state index contributed by atoms with van der Waals surface area (Å²) < 4.78 is 5.43. The molecule has 0 fully saturated rings. The summed E-state index contributed by atoms with van der Waals surface area (Å²) in [6.45, 7) is 6.23. The van der Waals surface area contributed by atoms with Crippen LogP contribution in [0.3, 0.4) is 0 Å². The number of nitrogens with two attached hydrogens (primary N) is 1. The first-order chi connectivity index (χ1) is 6.72. The topological polar surface area (TPSA) is 47.6 Å². The van der Waals surface area contributed by atoms with E-state index < -0.39 is 0 Å². The van der Waals surface area contributed by atoms with E-state index in [1.807, 2.05) is 31.2 Å². The summed E-state index contributed by atoms with van der Waals surface area (Å²) in [5.41, 5.74) is 1.95. The van der Waals surface area contributed by atoms with Gasteiger partial charge in [0.1, 0.15) is 12.4 Å². The first kappa shape index (κ1) is 10.3. The summed E-state index contributed by atoms with van der Waals surface area (Å²) in [5, 5.41) is 3.43. The normalized spacial score (nSPS) is 10.4. The number of ether oxygens (including phenoxy) is 1. The molecule has 74 valence electrons. The lowest BCUT2D eigenvalue weighted by molar-refractivity contribution is 0.352. The van der Waals surface area contributed by atoms with Gasteiger partial charge in [0.25, 0.3) is 0 Å². The molecule has 0 amide bonds. The van der Waals surface area contributed by atoms with Gasteiger partial charge in [-0.3, -0.25) is 0 Å². The maximum atomic E-state index is 5.43. The molecule has 3 nitrogen and oxygen atoms in total. The van der Waals surface area contributed by atoms with Gasteiger partial charge >= 0.3 is 0 Å². The number of nitrogens with zero attached hydrogens (tertiary/aromatic N) is 1. The smallest absolute Gasteiger partial charge is 0.119 e. The fourth-order valence-corrected chi connectivity index (χ4v) is 0.943. The molecule has 0 atom stereocenters. The molecular formula is C11H14N2O.